The number of amides is 1. The number of sulfonamides is 1. The van der Waals surface area contributed by atoms with Crippen molar-refractivity contribution in [3.05, 3.63) is 88.7 Å². The number of hydrogen-bond donors (Lipinski definition) is 2. The molecule has 8 heteroatoms. The molecule has 5 nitrogen and oxygen atoms in total. The third-order valence-corrected chi connectivity index (χ3v) is 5.66. The molecule has 0 fully saturated rings. The van der Waals surface area contributed by atoms with E-state index in [2.05, 4.69) is 10.0 Å². The van der Waals surface area contributed by atoms with Crippen LogP contribution in [0, 0.1) is 12.7 Å². The Bertz CT molecular complexity index is 1130. The van der Waals surface area contributed by atoms with Gasteiger partial charge in [-0.2, -0.15) is 0 Å². The Kier molecular flexibility index (Phi) is 5.67. The van der Waals surface area contributed by atoms with Gasteiger partial charge in [-0.1, -0.05) is 29.8 Å². The number of carbonyl (C=O) groups excluding carboxylic acids is 1. The van der Waals surface area contributed by atoms with E-state index in [1.165, 1.54) is 36.4 Å². The molecule has 0 aliphatic heterocycles. The molecule has 144 valence electrons. The maximum Gasteiger partial charge on any atom is 0.261 e. The van der Waals surface area contributed by atoms with Crippen molar-refractivity contribution in [1.82, 2.24) is 0 Å². The number of hydrogen-bond acceptors (Lipinski definition) is 3. The third kappa shape index (κ3) is 4.49. The zero-order chi connectivity index (χ0) is 20.3. The molecule has 0 radical (unpaired) electrons. The first-order chi connectivity index (χ1) is 13.3. The van der Waals surface area contributed by atoms with Crippen LogP contribution in [0.2, 0.25) is 5.02 Å². The van der Waals surface area contributed by atoms with Gasteiger partial charge in [-0.15, -0.1) is 0 Å². The van der Waals surface area contributed by atoms with Crippen LogP contribution < -0.4 is 10.0 Å². The van der Waals surface area contributed by atoms with Gasteiger partial charge in [0.05, 0.1) is 15.6 Å². The summed E-state index contributed by atoms with van der Waals surface area (Å²) in [5.74, 6) is -1.06. The van der Waals surface area contributed by atoms with Crippen LogP contribution in [-0.2, 0) is 10.0 Å². The van der Waals surface area contributed by atoms with Crippen LogP contribution in [0.1, 0.15) is 15.9 Å². The van der Waals surface area contributed by atoms with Crippen molar-refractivity contribution in [3.8, 4) is 0 Å². The van der Waals surface area contributed by atoms with E-state index in [-0.39, 0.29) is 15.5 Å². The van der Waals surface area contributed by atoms with Crippen LogP contribution in [-0.4, -0.2) is 14.3 Å². The lowest BCUT2D eigenvalue weighted by atomic mass is 10.2. The van der Waals surface area contributed by atoms with Gasteiger partial charge in [0.15, 0.2) is 0 Å². The Morgan fingerprint density at radius 1 is 1.00 bits per heavy atom. The van der Waals surface area contributed by atoms with Crippen molar-refractivity contribution in [1.29, 1.82) is 0 Å². The third-order valence-electron chi connectivity index (χ3n) is 3.99. The van der Waals surface area contributed by atoms with Gasteiger partial charge in [-0.05, 0) is 61.0 Å². The lowest BCUT2D eigenvalue weighted by molar-refractivity contribution is 0.102. The Balaban J connectivity index is 1.76. The molecule has 0 bridgehead atoms. The average molecular weight is 419 g/mol. The maximum absolute atomic E-state index is 13.2. The molecule has 0 unspecified atom stereocenters. The molecule has 0 saturated heterocycles. The summed E-state index contributed by atoms with van der Waals surface area (Å²) in [6.07, 6.45) is 0. The van der Waals surface area contributed by atoms with Gasteiger partial charge in [0.1, 0.15) is 5.82 Å². The van der Waals surface area contributed by atoms with Gasteiger partial charge in [0.25, 0.3) is 15.9 Å². The molecule has 2 N–H and O–H groups in total. The monoisotopic (exact) mass is 418 g/mol. The van der Waals surface area contributed by atoms with Crippen LogP contribution >= 0.6 is 11.6 Å². The first kappa shape index (κ1) is 19.9. The molecule has 1 amide bonds. The highest BCUT2D eigenvalue weighted by Crippen LogP contribution is 2.21. The Morgan fingerprint density at radius 2 is 1.68 bits per heavy atom. The first-order valence-electron chi connectivity index (χ1n) is 8.21. The number of aryl methyl sites for hydroxylation is 1. The number of carbonyl (C=O) groups is 1. The van der Waals surface area contributed by atoms with Gasteiger partial charge in [0, 0.05) is 11.3 Å². The summed E-state index contributed by atoms with van der Waals surface area (Å²) in [4.78, 5) is 12.3. The summed E-state index contributed by atoms with van der Waals surface area (Å²) < 4.78 is 40.8. The van der Waals surface area contributed by atoms with E-state index in [1.807, 2.05) is 6.07 Å². The number of rotatable bonds is 5. The van der Waals surface area contributed by atoms with Crippen molar-refractivity contribution in [2.24, 2.45) is 0 Å². The standard InChI is InChI=1S/C20H16ClFN2O3S/c1-13-4-2-3-5-19(13)24-28(26,27)16-9-6-14(7-10-16)20(25)23-15-8-11-18(22)17(21)12-15/h2-12,24H,1H3,(H,23,25). The summed E-state index contributed by atoms with van der Waals surface area (Å²) in [5.41, 5.74) is 1.85. The molecule has 0 saturated carbocycles. The highest BCUT2D eigenvalue weighted by molar-refractivity contribution is 7.92. The molecule has 3 aromatic rings. The fourth-order valence-corrected chi connectivity index (χ4v) is 3.77. The molecule has 0 spiro atoms. The zero-order valence-electron chi connectivity index (χ0n) is 14.7. The predicted octanol–water partition coefficient (Wildman–Crippen LogP) is 4.84. The number of halogens is 2. The lowest BCUT2D eigenvalue weighted by Crippen LogP contribution is -2.15. The lowest BCUT2D eigenvalue weighted by Gasteiger charge is -2.11. The van der Waals surface area contributed by atoms with Gasteiger partial charge >= 0.3 is 0 Å². The van der Waals surface area contributed by atoms with Gasteiger partial charge in [-0.3, -0.25) is 9.52 Å². The van der Waals surface area contributed by atoms with E-state index in [1.54, 1.807) is 25.1 Å². The van der Waals surface area contributed by atoms with E-state index < -0.39 is 21.7 Å². The van der Waals surface area contributed by atoms with E-state index in [9.17, 15) is 17.6 Å². The van der Waals surface area contributed by atoms with Gasteiger partial charge in [-0.25, -0.2) is 12.8 Å². The van der Waals surface area contributed by atoms with E-state index in [0.717, 1.165) is 11.6 Å². The molecule has 0 aliphatic carbocycles. The molecular weight excluding hydrogens is 403 g/mol. The summed E-state index contributed by atoms with van der Waals surface area (Å²) in [6, 6.07) is 16.3. The van der Waals surface area contributed by atoms with Crippen molar-refractivity contribution in [3.63, 3.8) is 0 Å². The zero-order valence-corrected chi connectivity index (χ0v) is 16.3. The predicted molar refractivity (Wildman–Crippen MR) is 108 cm³/mol. The highest BCUT2D eigenvalue weighted by Gasteiger charge is 2.16. The molecule has 0 heterocycles. The normalized spacial score (nSPS) is 11.1. The smallest absolute Gasteiger partial charge is 0.261 e. The Hall–Kier alpha value is -2.90. The highest BCUT2D eigenvalue weighted by atomic mass is 35.5. The minimum absolute atomic E-state index is 0.0251. The largest absolute Gasteiger partial charge is 0.322 e. The Labute approximate surface area is 167 Å². The summed E-state index contributed by atoms with van der Waals surface area (Å²) >= 11 is 5.69. The van der Waals surface area contributed by atoms with Gasteiger partial charge < -0.3 is 5.32 Å². The molecule has 0 aromatic heterocycles. The summed E-state index contributed by atoms with van der Waals surface area (Å²) in [5, 5.41) is 2.47. The van der Waals surface area contributed by atoms with E-state index in [4.69, 9.17) is 11.6 Å². The second-order valence-electron chi connectivity index (χ2n) is 6.03. The minimum Gasteiger partial charge on any atom is -0.322 e. The maximum atomic E-state index is 13.2. The second kappa shape index (κ2) is 8.00. The molecule has 0 aliphatic rings. The number of nitrogens with one attached hydrogen (secondary N) is 2. The molecule has 0 atom stereocenters. The fraction of sp³-hybridized carbons (Fsp3) is 0.0500. The SMILES string of the molecule is Cc1ccccc1NS(=O)(=O)c1ccc(C(=O)Nc2ccc(F)c(Cl)c2)cc1. The van der Waals surface area contributed by atoms with Crippen LogP contribution in [0.15, 0.2) is 71.6 Å². The van der Waals surface area contributed by atoms with Crippen molar-refractivity contribution in [2.45, 2.75) is 11.8 Å². The number of benzene rings is 3. The summed E-state index contributed by atoms with van der Waals surface area (Å²) in [6.45, 7) is 1.80. The summed E-state index contributed by atoms with van der Waals surface area (Å²) in [7, 11) is -3.79. The number of anilines is 2. The quantitative estimate of drug-likeness (QED) is 0.622. The molecule has 28 heavy (non-hydrogen) atoms. The van der Waals surface area contributed by atoms with Gasteiger partial charge in [0.2, 0.25) is 0 Å². The van der Waals surface area contributed by atoms with Crippen LogP contribution in [0.5, 0.6) is 0 Å². The molecule has 3 aromatic carbocycles. The van der Waals surface area contributed by atoms with Crippen molar-refractivity contribution >= 4 is 38.9 Å². The molecule has 3 rings (SSSR count). The second-order valence-corrected chi connectivity index (χ2v) is 8.12. The minimum atomic E-state index is -3.79. The van der Waals surface area contributed by atoms with Crippen LogP contribution in [0.3, 0.4) is 0 Å². The Morgan fingerprint density at radius 3 is 2.32 bits per heavy atom. The van der Waals surface area contributed by atoms with E-state index in [0.29, 0.717) is 11.4 Å². The van der Waals surface area contributed by atoms with Crippen LogP contribution in [0.25, 0.3) is 0 Å². The van der Waals surface area contributed by atoms with E-state index >= 15 is 0 Å². The van der Waals surface area contributed by atoms with Crippen molar-refractivity contribution in [2.75, 3.05) is 10.0 Å². The molecular formula is C20H16ClFN2O3S. The fourth-order valence-electron chi connectivity index (χ4n) is 2.45. The average Bonchev–Trinajstić information content (AvgIpc) is 2.66. The number of para-hydroxylation sites is 1. The topological polar surface area (TPSA) is 75.3 Å². The van der Waals surface area contributed by atoms with Crippen LogP contribution in [0.4, 0.5) is 15.8 Å². The van der Waals surface area contributed by atoms with Crippen molar-refractivity contribution < 1.29 is 17.6 Å². The first-order valence-corrected chi connectivity index (χ1v) is 10.1.